The smallest absolute Gasteiger partial charge is 0.409 e. The molecule has 0 bridgehead atoms. The molecule has 1 saturated heterocycles. The van der Waals surface area contributed by atoms with Gasteiger partial charge in [0.05, 0.1) is 52.1 Å². The summed E-state index contributed by atoms with van der Waals surface area (Å²) in [5.41, 5.74) is 5.84. The first kappa shape index (κ1) is 54.4. The highest BCUT2D eigenvalue weighted by Crippen LogP contribution is 2.59. The van der Waals surface area contributed by atoms with Gasteiger partial charge in [0.2, 0.25) is 11.8 Å². The Bertz CT molecular complexity index is 3190. The Morgan fingerprint density at radius 2 is 1.47 bits per heavy atom. The summed E-state index contributed by atoms with van der Waals surface area (Å²) in [7, 11) is 8.19. The lowest BCUT2D eigenvalue weighted by Crippen LogP contribution is -2.63. The molecule has 1 spiro atoms. The van der Waals surface area contributed by atoms with Crippen molar-refractivity contribution in [1.82, 2.24) is 44.3 Å². The Morgan fingerprint density at radius 1 is 0.785 bits per heavy atom. The van der Waals surface area contributed by atoms with E-state index in [1.807, 2.05) is 27.9 Å². The van der Waals surface area contributed by atoms with Crippen molar-refractivity contribution in [3.05, 3.63) is 119 Å². The number of methoxy groups -OCH3 is 4. The molecule has 6 aromatic rings. The second kappa shape index (κ2) is 23.5. The van der Waals surface area contributed by atoms with Gasteiger partial charge < -0.3 is 48.0 Å². The highest BCUT2D eigenvalue weighted by atomic mass is 16.6. The van der Waals surface area contributed by atoms with Crippen LogP contribution in [0.1, 0.15) is 79.0 Å². The lowest BCUT2D eigenvalue weighted by molar-refractivity contribution is -0.153. The van der Waals surface area contributed by atoms with Gasteiger partial charge in [-0.3, -0.25) is 24.3 Å². The number of hydrogen-bond acceptors (Lipinski definition) is 16. The maximum atomic E-state index is 15.5. The van der Waals surface area contributed by atoms with Crippen LogP contribution in [0.2, 0.25) is 0 Å². The van der Waals surface area contributed by atoms with Crippen LogP contribution in [0.4, 0.5) is 10.6 Å². The molecule has 79 heavy (non-hydrogen) atoms. The van der Waals surface area contributed by atoms with Gasteiger partial charge in [0.15, 0.2) is 28.6 Å². The van der Waals surface area contributed by atoms with Crippen LogP contribution >= 0.6 is 0 Å². The summed E-state index contributed by atoms with van der Waals surface area (Å²) >= 11 is 0. The number of anilines is 1. The van der Waals surface area contributed by atoms with Gasteiger partial charge in [0, 0.05) is 96.5 Å². The topological polar surface area (TPSA) is 196 Å². The summed E-state index contributed by atoms with van der Waals surface area (Å²) in [6.07, 6.45) is 9.25. The van der Waals surface area contributed by atoms with E-state index in [0.717, 1.165) is 64.2 Å². The third kappa shape index (κ3) is 10.8. The fourth-order valence-electron chi connectivity index (χ4n) is 12.7. The van der Waals surface area contributed by atoms with E-state index in [0.29, 0.717) is 99.3 Å². The fourth-order valence-corrected chi connectivity index (χ4v) is 12.7. The monoisotopic (exact) mass is 1080 g/mol. The molecule has 0 N–H and O–H groups in total. The van der Waals surface area contributed by atoms with Crippen molar-refractivity contribution >= 4 is 40.7 Å². The van der Waals surface area contributed by atoms with Gasteiger partial charge in [-0.25, -0.2) is 19.4 Å². The van der Waals surface area contributed by atoms with Gasteiger partial charge in [-0.15, -0.1) is 0 Å². The number of piperazine rings is 1. The van der Waals surface area contributed by atoms with Crippen LogP contribution in [-0.2, 0) is 50.7 Å². The highest BCUT2D eigenvalue weighted by molar-refractivity contribution is 5.87. The molecule has 1 aliphatic carbocycles. The third-order valence-electron chi connectivity index (χ3n) is 16.6. The van der Waals surface area contributed by atoms with E-state index in [9.17, 15) is 9.59 Å². The average molecular weight is 1080 g/mol. The van der Waals surface area contributed by atoms with E-state index in [1.165, 1.54) is 11.8 Å². The Kier molecular flexibility index (Phi) is 16.2. The van der Waals surface area contributed by atoms with E-state index in [-0.39, 0.29) is 49.3 Å². The van der Waals surface area contributed by atoms with Crippen molar-refractivity contribution in [3.8, 4) is 28.7 Å². The van der Waals surface area contributed by atoms with Crippen molar-refractivity contribution in [2.75, 3.05) is 92.7 Å². The molecule has 6 heterocycles. The molecule has 20 nitrogen and oxygen atoms in total. The van der Waals surface area contributed by atoms with Gasteiger partial charge in [0.1, 0.15) is 24.5 Å². The molecular weight excluding hydrogens is 1010 g/mol. The van der Waals surface area contributed by atoms with Crippen LogP contribution < -0.4 is 28.6 Å². The zero-order chi connectivity index (χ0) is 55.4. The third-order valence-corrected chi connectivity index (χ3v) is 16.6. The molecule has 20 heteroatoms. The molecule has 3 aromatic carbocycles. The zero-order valence-electron chi connectivity index (χ0n) is 46.2. The quantitative estimate of drug-likeness (QED) is 0.0720. The second-order valence-corrected chi connectivity index (χ2v) is 20.8. The first-order valence-electron chi connectivity index (χ1n) is 27.2. The first-order valence-corrected chi connectivity index (χ1v) is 27.2. The number of hydrogen-bond donors (Lipinski definition) is 0. The maximum absolute atomic E-state index is 15.5. The largest absolute Gasteiger partial charge is 0.493 e. The Labute approximate surface area is 460 Å². The van der Waals surface area contributed by atoms with Gasteiger partial charge in [-0.05, 0) is 121 Å². The number of amides is 3. The molecule has 2 fully saturated rings. The predicted octanol–water partition coefficient (Wildman–Crippen LogP) is 6.85. The number of aromatic nitrogens is 5. The standard InChI is InChI=1S/C59H70N10O10/c1-8-65-23-16-41-30-49(74-4)51(76-6)32-45(41)54(65)48-29-43(57(72)67-27-25-66(26-28-67)55-46-34-63-69(56(46)62-37-61-55)35-39-14-20-60-21-15-39)13-19-59(48)47-33-52(77-7)50(75-5)31-42(47)17-24-68(59)53(71)18-22-64(3)58(73)78-36-40-9-11-44(12-10-40)79-38(2)70/h9-12,14-15,20-21,30-34,37,43,48,54H,8,13,16-19,22-29,35-36H2,1-7H3. The molecule has 4 unspecified atom stereocenters. The molecule has 3 aromatic heterocycles. The number of esters is 1. The minimum absolute atomic E-state index is 0.00847. The Morgan fingerprint density at radius 3 is 2.16 bits per heavy atom. The highest BCUT2D eigenvalue weighted by Gasteiger charge is 2.58. The number of carbonyl (C=O) groups is 4. The van der Waals surface area contributed by atoms with Crippen molar-refractivity contribution < 1.29 is 47.6 Å². The number of fused-ring (bicyclic) bond motifs is 4. The van der Waals surface area contributed by atoms with Crippen molar-refractivity contribution in [2.24, 2.45) is 11.8 Å². The Balaban J connectivity index is 0.963. The van der Waals surface area contributed by atoms with Crippen LogP contribution in [0.25, 0.3) is 11.0 Å². The predicted molar refractivity (Wildman–Crippen MR) is 293 cm³/mol. The van der Waals surface area contributed by atoms with Crippen LogP contribution in [-0.4, -0.2) is 156 Å². The minimum Gasteiger partial charge on any atom is -0.493 e. The minimum atomic E-state index is -0.933. The van der Waals surface area contributed by atoms with E-state index < -0.39 is 17.6 Å². The summed E-state index contributed by atoms with van der Waals surface area (Å²) < 4.78 is 36.5. The summed E-state index contributed by atoms with van der Waals surface area (Å²) in [5.74, 6) is 2.49. The van der Waals surface area contributed by atoms with E-state index in [4.69, 9.17) is 38.5 Å². The summed E-state index contributed by atoms with van der Waals surface area (Å²) in [5, 5.41) is 5.55. The van der Waals surface area contributed by atoms with Gasteiger partial charge >= 0.3 is 12.1 Å². The van der Waals surface area contributed by atoms with E-state index in [1.54, 1.807) is 78.5 Å². The molecule has 3 aliphatic heterocycles. The lowest BCUT2D eigenvalue weighted by Gasteiger charge is -2.59. The van der Waals surface area contributed by atoms with Crippen LogP contribution in [0.5, 0.6) is 28.7 Å². The SMILES string of the molecule is CCN1CCc2cc(OC)c(OC)cc2C1C1CC(C(=O)N2CCN(c3ncnc4c3cnn4Cc3ccncc3)CC2)CCC12c1cc(OC)c(OC)cc1CCN2C(=O)CCN(C)C(=O)OCc1ccc(OC(C)=O)cc1. The van der Waals surface area contributed by atoms with Crippen LogP contribution in [0.3, 0.4) is 0 Å². The van der Waals surface area contributed by atoms with Crippen molar-refractivity contribution in [1.29, 1.82) is 0 Å². The van der Waals surface area contributed by atoms with E-state index in [2.05, 4.69) is 55.9 Å². The molecule has 1 saturated carbocycles. The van der Waals surface area contributed by atoms with Crippen molar-refractivity contribution in [2.45, 2.75) is 77.1 Å². The lowest BCUT2D eigenvalue weighted by atomic mass is 9.58. The number of benzene rings is 3. The van der Waals surface area contributed by atoms with Gasteiger partial charge in [-0.1, -0.05) is 19.1 Å². The molecule has 10 rings (SSSR count). The maximum Gasteiger partial charge on any atom is 0.409 e. The summed E-state index contributed by atoms with van der Waals surface area (Å²) in [6, 6.07) is 18.7. The molecule has 3 amide bonds. The molecule has 4 aliphatic rings. The normalized spacial score (nSPS) is 20.0. The number of carbonyl (C=O) groups excluding carboxylic acids is 4. The number of pyridine rings is 1. The van der Waals surface area contributed by atoms with E-state index >= 15 is 9.59 Å². The summed E-state index contributed by atoms with van der Waals surface area (Å²) in [6.45, 7) is 8.22. The van der Waals surface area contributed by atoms with Gasteiger partial charge in [-0.2, -0.15) is 5.10 Å². The number of ether oxygens (including phenoxy) is 6. The fraction of sp³-hybridized carbons (Fsp3) is 0.458. The van der Waals surface area contributed by atoms with Crippen LogP contribution in [0.15, 0.2) is 85.6 Å². The number of nitrogens with zero attached hydrogens (tertiary/aromatic N) is 10. The average Bonchev–Trinajstić information content (AvgIpc) is 3.84. The van der Waals surface area contributed by atoms with Gasteiger partial charge in [0.25, 0.3) is 0 Å². The zero-order valence-corrected chi connectivity index (χ0v) is 46.2. The number of rotatable bonds is 16. The molecular formula is C59H70N10O10. The number of likely N-dealkylation sites (N-methyl/N-ethyl adjacent to an activating group) is 1. The van der Waals surface area contributed by atoms with Crippen molar-refractivity contribution in [3.63, 3.8) is 0 Å². The first-order chi connectivity index (χ1) is 38.4. The molecule has 416 valence electrons. The second-order valence-electron chi connectivity index (χ2n) is 20.8. The molecule has 4 atom stereocenters. The van der Waals surface area contributed by atoms with Crippen LogP contribution in [0, 0.1) is 11.8 Å². The summed E-state index contributed by atoms with van der Waals surface area (Å²) in [4.78, 5) is 79.5. The molecule has 0 radical (unpaired) electrons. The Hall–Kier alpha value is -8.00.